The summed E-state index contributed by atoms with van der Waals surface area (Å²) in [6, 6.07) is 3.92. The Morgan fingerprint density at radius 3 is 2.82 bits per heavy atom. The summed E-state index contributed by atoms with van der Waals surface area (Å²) in [5.41, 5.74) is 0.708. The number of halogens is 2. The smallest absolute Gasteiger partial charge is 0.159 e. The molecule has 0 spiro atoms. The Morgan fingerprint density at radius 2 is 2.12 bits per heavy atom. The Labute approximate surface area is 98.1 Å². The zero-order valence-corrected chi connectivity index (χ0v) is 9.45. The summed E-state index contributed by atoms with van der Waals surface area (Å²) in [6.07, 6.45) is 3.50. The average Bonchev–Trinajstić information content (AvgIpc) is 2.72. The minimum Gasteiger partial charge on any atom is -0.329 e. The molecule has 0 aliphatic rings. The summed E-state index contributed by atoms with van der Waals surface area (Å²) >= 11 is 0. The van der Waals surface area contributed by atoms with Crippen LogP contribution in [0, 0.1) is 11.6 Å². The highest BCUT2D eigenvalue weighted by Crippen LogP contribution is 2.11. The van der Waals surface area contributed by atoms with Gasteiger partial charge in [-0.25, -0.2) is 13.8 Å². The fraction of sp³-hybridized carbons (Fsp3) is 0.250. The lowest BCUT2D eigenvalue weighted by atomic mass is 10.2. The van der Waals surface area contributed by atoms with Gasteiger partial charge in [-0.05, 0) is 24.7 Å². The fourth-order valence-electron chi connectivity index (χ4n) is 1.64. The van der Waals surface area contributed by atoms with Crippen molar-refractivity contribution in [3.63, 3.8) is 0 Å². The topological polar surface area (TPSA) is 29.9 Å². The van der Waals surface area contributed by atoms with E-state index in [9.17, 15) is 8.78 Å². The van der Waals surface area contributed by atoms with Crippen molar-refractivity contribution in [1.29, 1.82) is 0 Å². The molecule has 1 aromatic heterocycles. The van der Waals surface area contributed by atoms with Crippen LogP contribution >= 0.6 is 0 Å². The molecule has 1 aromatic carbocycles. The maximum Gasteiger partial charge on any atom is 0.159 e. The van der Waals surface area contributed by atoms with E-state index < -0.39 is 11.6 Å². The summed E-state index contributed by atoms with van der Waals surface area (Å²) in [7, 11) is 1.83. The summed E-state index contributed by atoms with van der Waals surface area (Å²) in [5.74, 6) is -0.787. The Balaban J connectivity index is 2.19. The molecule has 2 aromatic rings. The number of aromatic nitrogens is 2. The quantitative estimate of drug-likeness (QED) is 0.880. The van der Waals surface area contributed by atoms with Gasteiger partial charge in [-0.15, -0.1) is 0 Å². The Hall–Kier alpha value is -1.75. The Morgan fingerprint density at radius 1 is 1.29 bits per heavy atom. The van der Waals surface area contributed by atoms with Crippen molar-refractivity contribution in [2.75, 3.05) is 7.05 Å². The van der Waals surface area contributed by atoms with Crippen LogP contribution in [-0.2, 0) is 13.1 Å². The van der Waals surface area contributed by atoms with Gasteiger partial charge in [-0.3, -0.25) is 0 Å². The monoisotopic (exact) mass is 237 g/mol. The number of nitrogens with one attached hydrogen (secondary N) is 1. The summed E-state index contributed by atoms with van der Waals surface area (Å²) in [6.45, 7) is 1.12. The lowest BCUT2D eigenvalue weighted by molar-refractivity contribution is 0.506. The maximum absolute atomic E-state index is 13.0. The van der Waals surface area contributed by atoms with E-state index in [0.717, 1.165) is 11.9 Å². The van der Waals surface area contributed by atoms with Gasteiger partial charge in [-0.2, -0.15) is 0 Å². The maximum atomic E-state index is 13.0. The first-order chi connectivity index (χ1) is 8.20. The summed E-state index contributed by atoms with van der Waals surface area (Å²) < 4.78 is 27.7. The molecule has 90 valence electrons. The number of imidazole rings is 1. The SMILES string of the molecule is CNCc1nccn1Cc1ccc(F)c(F)c1. The molecule has 0 amide bonds. The first kappa shape index (κ1) is 11.7. The van der Waals surface area contributed by atoms with E-state index >= 15 is 0 Å². The number of benzene rings is 1. The van der Waals surface area contributed by atoms with Gasteiger partial charge in [0, 0.05) is 18.9 Å². The van der Waals surface area contributed by atoms with Crippen molar-refractivity contribution < 1.29 is 8.78 Å². The second-order valence-corrected chi connectivity index (χ2v) is 3.75. The van der Waals surface area contributed by atoms with Crippen LogP contribution in [0.15, 0.2) is 30.6 Å². The van der Waals surface area contributed by atoms with Crippen LogP contribution in [0.2, 0.25) is 0 Å². The Bertz CT molecular complexity index is 508. The van der Waals surface area contributed by atoms with E-state index in [4.69, 9.17) is 0 Å². The van der Waals surface area contributed by atoms with Crippen LogP contribution in [0.1, 0.15) is 11.4 Å². The van der Waals surface area contributed by atoms with Crippen LogP contribution in [0.5, 0.6) is 0 Å². The molecular weight excluding hydrogens is 224 g/mol. The first-order valence-electron chi connectivity index (χ1n) is 5.29. The number of rotatable bonds is 4. The van der Waals surface area contributed by atoms with Crippen LogP contribution in [-0.4, -0.2) is 16.6 Å². The van der Waals surface area contributed by atoms with Gasteiger partial charge >= 0.3 is 0 Å². The van der Waals surface area contributed by atoms with Gasteiger partial charge in [-0.1, -0.05) is 6.07 Å². The van der Waals surface area contributed by atoms with Crippen molar-refractivity contribution in [2.24, 2.45) is 0 Å². The third-order valence-electron chi connectivity index (χ3n) is 2.47. The number of nitrogens with zero attached hydrogens (tertiary/aromatic N) is 2. The molecule has 5 heteroatoms. The molecule has 0 aliphatic carbocycles. The van der Waals surface area contributed by atoms with Crippen molar-refractivity contribution in [1.82, 2.24) is 14.9 Å². The largest absolute Gasteiger partial charge is 0.329 e. The highest BCUT2D eigenvalue weighted by molar-refractivity contribution is 5.18. The highest BCUT2D eigenvalue weighted by atomic mass is 19.2. The van der Waals surface area contributed by atoms with Gasteiger partial charge < -0.3 is 9.88 Å². The lowest BCUT2D eigenvalue weighted by Gasteiger charge is -2.07. The van der Waals surface area contributed by atoms with E-state index in [0.29, 0.717) is 18.7 Å². The molecule has 0 saturated carbocycles. The van der Waals surface area contributed by atoms with Gasteiger partial charge in [0.2, 0.25) is 0 Å². The molecular formula is C12H13F2N3. The van der Waals surface area contributed by atoms with Gasteiger partial charge in [0.15, 0.2) is 11.6 Å². The van der Waals surface area contributed by atoms with Gasteiger partial charge in [0.05, 0.1) is 6.54 Å². The molecule has 0 saturated heterocycles. The molecule has 17 heavy (non-hydrogen) atoms. The molecule has 1 N–H and O–H groups in total. The average molecular weight is 237 g/mol. The third-order valence-corrected chi connectivity index (χ3v) is 2.47. The van der Waals surface area contributed by atoms with Crippen molar-refractivity contribution in [3.8, 4) is 0 Å². The van der Waals surface area contributed by atoms with E-state index in [-0.39, 0.29) is 0 Å². The van der Waals surface area contributed by atoms with Crippen LogP contribution in [0.4, 0.5) is 8.78 Å². The standard InChI is InChI=1S/C12H13F2N3/c1-15-7-12-16-4-5-17(12)8-9-2-3-10(13)11(14)6-9/h2-6,15H,7-8H2,1H3. The molecule has 0 fully saturated rings. The number of hydrogen-bond donors (Lipinski definition) is 1. The summed E-state index contributed by atoms with van der Waals surface area (Å²) in [5, 5.41) is 3.00. The van der Waals surface area contributed by atoms with E-state index in [1.165, 1.54) is 6.07 Å². The molecule has 0 radical (unpaired) electrons. The normalized spacial score (nSPS) is 10.8. The fourth-order valence-corrected chi connectivity index (χ4v) is 1.64. The minimum absolute atomic E-state index is 0.480. The molecule has 0 aliphatic heterocycles. The van der Waals surface area contributed by atoms with Crippen molar-refractivity contribution in [2.45, 2.75) is 13.1 Å². The van der Waals surface area contributed by atoms with Gasteiger partial charge in [0.1, 0.15) is 5.82 Å². The first-order valence-corrected chi connectivity index (χ1v) is 5.29. The minimum atomic E-state index is -0.824. The molecule has 0 atom stereocenters. The lowest BCUT2D eigenvalue weighted by Crippen LogP contribution is -2.12. The van der Waals surface area contributed by atoms with E-state index in [1.807, 2.05) is 17.8 Å². The van der Waals surface area contributed by atoms with Gasteiger partial charge in [0.25, 0.3) is 0 Å². The second kappa shape index (κ2) is 5.05. The molecule has 0 unspecified atom stereocenters. The zero-order valence-electron chi connectivity index (χ0n) is 9.45. The molecule has 2 rings (SSSR count). The Kier molecular flexibility index (Phi) is 3.49. The summed E-state index contributed by atoms with van der Waals surface area (Å²) in [4.78, 5) is 4.17. The predicted octanol–water partition coefficient (Wildman–Crippen LogP) is 1.93. The van der Waals surface area contributed by atoms with Crippen molar-refractivity contribution >= 4 is 0 Å². The second-order valence-electron chi connectivity index (χ2n) is 3.75. The highest BCUT2D eigenvalue weighted by Gasteiger charge is 2.05. The predicted molar refractivity (Wildman–Crippen MR) is 60.5 cm³/mol. The third kappa shape index (κ3) is 2.68. The van der Waals surface area contributed by atoms with Crippen LogP contribution in [0.3, 0.4) is 0 Å². The number of hydrogen-bond acceptors (Lipinski definition) is 2. The van der Waals surface area contributed by atoms with E-state index in [1.54, 1.807) is 12.3 Å². The molecule has 0 bridgehead atoms. The molecule has 1 heterocycles. The van der Waals surface area contributed by atoms with Crippen LogP contribution in [0.25, 0.3) is 0 Å². The van der Waals surface area contributed by atoms with E-state index in [2.05, 4.69) is 10.3 Å². The zero-order chi connectivity index (χ0) is 12.3. The molecule has 3 nitrogen and oxygen atoms in total. The van der Waals surface area contributed by atoms with Crippen LogP contribution < -0.4 is 5.32 Å². The van der Waals surface area contributed by atoms with Crippen molar-refractivity contribution in [3.05, 3.63) is 53.6 Å².